The number of hydrogen-bond acceptors (Lipinski definition) is 3. The van der Waals surface area contributed by atoms with Crippen molar-refractivity contribution in [2.24, 2.45) is 0 Å². The molecule has 0 spiro atoms. The Morgan fingerprint density at radius 2 is 1.00 bits per heavy atom. The summed E-state index contributed by atoms with van der Waals surface area (Å²) in [4.78, 5) is 2.00. The van der Waals surface area contributed by atoms with E-state index in [0.717, 1.165) is 11.5 Å². The van der Waals surface area contributed by atoms with Crippen molar-refractivity contribution >= 4 is 0 Å². The average Bonchev–Trinajstić information content (AvgIpc) is 2.33. The van der Waals surface area contributed by atoms with Gasteiger partial charge in [-0.15, -0.1) is 0 Å². The number of para-hydroxylation sites is 2. The van der Waals surface area contributed by atoms with Crippen molar-refractivity contribution in [3.8, 4) is 11.5 Å². The summed E-state index contributed by atoms with van der Waals surface area (Å²) in [6, 6.07) is 19.5. The highest BCUT2D eigenvalue weighted by atomic mass is 16.5. The van der Waals surface area contributed by atoms with E-state index in [1.54, 1.807) is 0 Å². The first-order valence-electron chi connectivity index (χ1n) is 4.68. The minimum atomic E-state index is 0.869. The zero-order chi connectivity index (χ0) is 11.6. The summed E-state index contributed by atoms with van der Waals surface area (Å²) in [5.74, 6) is 1.74. The summed E-state index contributed by atoms with van der Waals surface area (Å²) >= 11 is 0. The van der Waals surface area contributed by atoms with Gasteiger partial charge >= 0.3 is 0 Å². The molecule has 0 unspecified atom stereocenters. The van der Waals surface area contributed by atoms with E-state index in [-0.39, 0.29) is 0 Å². The zero-order valence-electron chi connectivity index (χ0n) is 8.63. The minimum Gasteiger partial charge on any atom is -0.457 e. The molecule has 0 radical (unpaired) electrons. The predicted molar refractivity (Wildman–Crippen MR) is 60.5 cm³/mol. The Bertz CT molecular complexity index is 399. The van der Waals surface area contributed by atoms with Gasteiger partial charge in [0.2, 0.25) is 4.91 Å². The van der Waals surface area contributed by atoms with Crippen LogP contribution in [0.15, 0.2) is 60.7 Å². The molecule has 0 fully saturated rings. The maximum Gasteiger partial charge on any atom is 0.211 e. The molecule has 2 rings (SSSR count). The minimum absolute atomic E-state index is 0.869. The van der Waals surface area contributed by atoms with Crippen LogP contribution in [0.25, 0.3) is 0 Å². The third kappa shape index (κ3) is 4.17. The second kappa shape index (κ2) is 6.92. The molecule has 4 heteroatoms. The molecule has 0 aliphatic carbocycles. The quantitative estimate of drug-likeness (QED) is 0.582. The van der Waals surface area contributed by atoms with E-state index in [1.807, 2.05) is 65.6 Å². The second-order valence-electron chi connectivity index (χ2n) is 2.84. The Morgan fingerprint density at radius 1 is 0.688 bits per heavy atom. The van der Waals surface area contributed by atoms with Gasteiger partial charge in [-0.2, -0.15) is 0 Å². The van der Waals surface area contributed by atoms with Crippen molar-refractivity contribution in [2.45, 2.75) is 0 Å². The molecule has 0 aromatic heterocycles. The van der Waals surface area contributed by atoms with Gasteiger partial charge in [0.25, 0.3) is 0 Å². The highest BCUT2D eigenvalue weighted by molar-refractivity contribution is 5.30. The summed E-state index contributed by atoms with van der Waals surface area (Å²) in [6.07, 6.45) is 0. The molecule has 2 aromatic carbocycles. The first-order valence-corrected chi connectivity index (χ1v) is 4.68. The van der Waals surface area contributed by atoms with Crippen molar-refractivity contribution in [3.05, 3.63) is 60.7 Å². The topological polar surface area (TPSA) is 71.0 Å². The number of benzene rings is 2. The van der Waals surface area contributed by atoms with Crippen LogP contribution in [0.2, 0.25) is 0 Å². The smallest absolute Gasteiger partial charge is 0.211 e. The van der Waals surface area contributed by atoms with Gasteiger partial charge in [0.15, 0.2) is 0 Å². The first kappa shape index (κ1) is 11.6. The lowest BCUT2D eigenvalue weighted by Gasteiger charge is -2.03. The largest absolute Gasteiger partial charge is 0.457 e. The molecule has 2 aromatic rings. The Kier molecular flexibility index (Phi) is 5.03. The first-order chi connectivity index (χ1) is 7.86. The van der Waals surface area contributed by atoms with E-state index in [4.69, 9.17) is 15.8 Å². The second-order valence-corrected chi connectivity index (χ2v) is 2.84. The van der Waals surface area contributed by atoms with Gasteiger partial charge in [0, 0.05) is 0 Å². The highest BCUT2D eigenvalue weighted by Gasteiger charge is 1.92. The number of nitrogens with one attached hydrogen (secondary N) is 2. The van der Waals surface area contributed by atoms with E-state index in [0.29, 0.717) is 0 Å². The Balaban J connectivity index is 0.000000386. The Morgan fingerprint density at radius 3 is 1.31 bits per heavy atom. The summed E-state index contributed by atoms with van der Waals surface area (Å²) in [5.41, 5.74) is 11.0. The van der Waals surface area contributed by atoms with Crippen LogP contribution in [0.3, 0.4) is 0 Å². The molecule has 0 saturated heterocycles. The molecule has 0 heterocycles. The van der Waals surface area contributed by atoms with Crippen LogP contribution in [0.5, 0.6) is 11.5 Å². The molecule has 0 aliphatic heterocycles. The standard InChI is InChI=1S/C12H10O.H2N3/c1-3-7-11(8-4-1)13-12-9-5-2-6-10-12;1-3-2/h1-10H;1-2H/q;+1. The maximum absolute atomic E-state index is 5.58. The van der Waals surface area contributed by atoms with Gasteiger partial charge in [0.1, 0.15) is 22.6 Å². The fraction of sp³-hybridized carbons (Fsp3) is 0. The third-order valence-electron chi connectivity index (χ3n) is 1.72. The molecule has 2 N–H and O–H groups in total. The van der Waals surface area contributed by atoms with Crippen molar-refractivity contribution < 1.29 is 4.74 Å². The number of ether oxygens (including phenoxy) is 1. The molecule has 80 valence electrons. The van der Waals surface area contributed by atoms with Crippen LogP contribution in [0.1, 0.15) is 0 Å². The molecule has 0 bridgehead atoms. The fourth-order valence-electron chi connectivity index (χ4n) is 1.11. The van der Waals surface area contributed by atoms with Crippen LogP contribution < -0.4 is 9.65 Å². The fourth-order valence-corrected chi connectivity index (χ4v) is 1.11. The van der Waals surface area contributed by atoms with Crippen molar-refractivity contribution in [1.29, 1.82) is 11.1 Å². The lowest BCUT2D eigenvalue weighted by Crippen LogP contribution is -1.81. The molecule has 16 heavy (non-hydrogen) atoms. The van der Waals surface area contributed by atoms with Gasteiger partial charge in [-0.1, -0.05) is 36.4 Å². The van der Waals surface area contributed by atoms with Crippen LogP contribution in [0, 0.1) is 11.1 Å². The summed E-state index contributed by atoms with van der Waals surface area (Å²) in [6.45, 7) is 0. The molecule has 0 atom stereocenters. The lowest BCUT2D eigenvalue weighted by molar-refractivity contribution is 0.482. The normalized spacial score (nSPS) is 8.25. The average molecular weight is 214 g/mol. The van der Waals surface area contributed by atoms with E-state index in [9.17, 15) is 0 Å². The van der Waals surface area contributed by atoms with Crippen LogP contribution in [-0.2, 0) is 0 Å². The van der Waals surface area contributed by atoms with Gasteiger partial charge in [-0.25, -0.2) is 0 Å². The van der Waals surface area contributed by atoms with Gasteiger partial charge in [-0.3, -0.25) is 0 Å². The van der Waals surface area contributed by atoms with Crippen molar-refractivity contribution in [3.63, 3.8) is 0 Å². The van der Waals surface area contributed by atoms with Crippen LogP contribution in [0.4, 0.5) is 0 Å². The maximum atomic E-state index is 5.58. The van der Waals surface area contributed by atoms with E-state index < -0.39 is 0 Å². The van der Waals surface area contributed by atoms with Gasteiger partial charge in [-0.05, 0) is 24.3 Å². The van der Waals surface area contributed by atoms with E-state index >= 15 is 0 Å². The van der Waals surface area contributed by atoms with E-state index in [2.05, 4.69) is 0 Å². The highest BCUT2D eigenvalue weighted by Crippen LogP contribution is 2.19. The Labute approximate surface area is 93.5 Å². The SMILES string of the molecule is N=[N+]=N.c1ccc(Oc2ccccc2)cc1. The molecule has 0 aliphatic rings. The third-order valence-corrected chi connectivity index (χ3v) is 1.72. The number of nitrogens with zero attached hydrogens (tertiary/aromatic N) is 1. The molecule has 4 nitrogen and oxygen atoms in total. The van der Waals surface area contributed by atoms with Crippen LogP contribution in [-0.4, -0.2) is 0 Å². The summed E-state index contributed by atoms with van der Waals surface area (Å²) in [7, 11) is 0. The monoisotopic (exact) mass is 214 g/mol. The lowest BCUT2D eigenvalue weighted by atomic mass is 10.3. The molecule has 0 saturated carbocycles. The van der Waals surface area contributed by atoms with E-state index in [1.165, 1.54) is 0 Å². The summed E-state index contributed by atoms with van der Waals surface area (Å²) < 4.78 is 5.58. The molecular formula is C12H12N3O+. The van der Waals surface area contributed by atoms with Gasteiger partial charge < -0.3 is 4.74 Å². The zero-order valence-corrected chi connectivity index (χ0v) is 8.63. The van der Waals surface area contributed by atoms with Gasteiger partial charge in [0.05, 0.1) is 0 Å². The number of hydrogen-bond donors (Lipinski definition) is 2. The summed E-state index contributed by atoms with van der Waals surface area (Å²) in [5, 5.41) is 0. The number of rotatable bonds is 2. The van der Waals surface area contributed by atoms with Crippen molar-refractivity contribution in [2.75, 3.05) is 0 Å². The molecule has 0 amide bonds. The van der Waals surface area contributed by atoms with Crippen LogP contribution >= 0.6 is 0 Å². The Hall–Kier alpha value is -2.45. The molecular weight excluding hydrogens is 202 g/mol. The van der Waals surface area contributed by atoms with Crippen molar-refractivity contribution in [1.82, 2.24) is 4.91 Å². The predicted octanol–water partition coefficient (Wildman–Crippen LogP) is 3.59.